The van der Waals surface area contributed by atoms with Crippen LogP contribution in [0.3, 0.4) is 0 Å². The molecule has 0 aromatic heterocycles. The molecule has 0 saturated carbocycles. The molecule has 0 amide bonds. The zero-order valence-corrected chi connectivity index (χ0v) is 13.1. The Morgan fingerprint density at radius 3 is 2.20 bits per heavy atom. The smallest absolute Gasteiger partial charge is 0.388 e. The van der Waals surface area contributed by atoms with Crippen LogP contribution in [0.2, 0.25) is 0 Å². The topological polar surface area (TPSA) is 23.5 Å². The summed E-state index contributed by atoms with van der Waals surface area (Å²) in [5.74, 6) is 0. The minimum Gasteiger partial charge on any atom is -0.388 e. The molecule has 1 aromatic rings. The van der Waals surface area contributed by atoms with E-state index in [2.05, 4.69) is 15.9 Å². The molecule has 1 rings (SSSR count). The Kier molecular flexibility index (Phi) is 6.48. The van der Waals surface area contributed by atoms with Crippen LogP contribution < -0.4 is 0 Å². The first-order valence-electron chi connectivity index (χ1n) is 6.43. The largest absolute Gasteiger partial charge is 0.401 e. The molecule has 6 heteroatoms. The van der Waals surface area contributed by atoms with E-state index in [9.17, 15) is 18.3 Å². The van der Waals surface area contributed by atoms with Crippen molar-refractivity contribution in [1.29, 1.82) is 0 Å². The predicted octanol–water partition coefficient (Wildman–Crippen LogP) is 4.15. The lowest BCUT2D eigenvalue weighted by Gasteiger charge is -2.28. The van der Waals surface area contributed by atoms with E-state index in [1.807, 2.05) is 0 Å². The van der Waals surface area contributed by atoms with Crippen molar-refractivity contribution < 1.29 is 18.3 Å². The Balaban J connectivity index is 2.56. The summed E-state index contributed by atoms with van der Waals surface area (Å²) < 4.78 is 38.2. The first-order valence-corrected chi connectivity index (χ1v) is 7.22. The Bertz CT molecular complexity index is 406. The molecular formula is C14H19BrF3NO. The van der Waals surface area contributed by atoms with E-state index in [0.29, 0.717) is 5.56 Å². The summed E-state index contributed by atoms with van der Waals surface area (Å²) in [5, 5.41) is 10.0. The van der Waals surface area contributed by atoms with Gasteiger partial charge in [0.1, 0.15) is 0 Å². The third-order valence-corrected chi connectivity index (χ3v) is 3.59. The predicted molar refractivity (Wildman–Crippen MR) is 76.5 cm³/mol. The molecule has 0 bridgehead atoms. The molecule has 1 aromatic carbocycles. The fourth-order valence-corrected chi connectivity index (χ4v) is 2.15. The van der Waals surface area contributed by atoms with E-state index < -0.39 is 18.8 Å². The average Bonchev–Trinajstić information content (AvgIpc) is 2.33. The van der Waals surface area contributed by atoms with E-state index in [1.54, 1.807) is 38.1 Å². The van der Waals surface area contributed by atoms with Gasteiger partial charge in [0.25, 0.3) is 0 Å². The van der Waals surface area contributed by atoms with Crippen molar-refractivity contribution in [3.05, 3.63) is 34.3 Å². The van der Waals surface area contributed by atoms with E-state index >= 15 is 0 Å². The standard InChI is InChI=1S/C14H19BrF3NO/c1-10(2)19(9-14(16,17)18)8-7-13(20)11-3-5-12(15)6-4-11/h3-6,10,13,20H,7-9H2,1-2H3. The van der Waals surface area contributed by atoms with Gasteiger partial charge in [-0.25, -0.2) is 0 Å². The highest BCUT2D eigenvalue weighted by Crippen LogP contribution is 2.22. The van der Waals surface area contributed by atoms with Gasteiger partial charge < -0.3 is 5.11 Å². The van der Waals surface area contributed by atoms with Gasteiger partial charge in [0.05, 0.1) is 12.6 Å². The number of alkyl halides is 3. The van der Waals surface area contributed by atoms with E-state index in [1.165, 1.54) is 4.90 Å². The second-order valence-corrected chi connectivity index (χ2v) is 5.95. The lowest BCUT2D eigenvalue weighted by Crippen LogP contribution is -2.40. The highest BCUT2D eigenvalue weighted by atomic mass is 79.9. The number of aliphatic hydroxyl groups is 1. The van der Waals surface area contributed by atoms with Gasteiger partial charge in [-0.15, -0.1) is 0 Å². The Morgan fingerprint density at radius 1 is 1.20 bits per heavy atom. The molecule has 0 aliphatic carbocycles. The Morgan fingerprint density at radius 2 is 1.75 bits per heavy atom. The van der Waals surface area contributed by atoms with Gasteiger partial charge in [-0.3, -0.25) is 4.90 Å². The molecular weight excluding hydrogens is 335 g/mol. The van der Waals surface area contributed by atoms with Crippen LogP contribution in [0.25, 0.3) is 0 Å². The van der Waals surface area contributed by atoms with Crippen molar-refractivity contribution in [3.63, 3.8) is 0 Å². The monoisotopic (exact) mass is 353 g/mol. The molecule has 0 aliphatic rings. The molecule has 1 atom stereocenters. The number of hydrogen-bond donors (Lipinski definition) is 1. The van der Waals surface area contributed by atoms with Crippen LogP contribution in [0.5, 0.6) is 0 Å². The van der Waals surface area contributed by atoms with Crippen molar-refractivity contribution in [2.24, 2.45) is 0 Å². The van der Waals surface area contributed by atoms with Crippen LogP contribution in [0.1, 0.15) is 31.9 Å². The molecule has 1 unspecified atom stereocenters. The summed E-state index contributed by atoms with van der Waals surface area (Å²) in [6, 6.07) is 6.91. The van der Waals surface area contributed by atoms with Crippen LogP contribution in [-0.4, -0.2) is 35.3 Å². The van der Waals surface area contributed by atoms with Gasteiger partial charge in [0.2, 0.25) is 0 Å². The van der Waals surface area contributed by atoms with Gasteiger partial charge >= 0.3 is 6.18 Å². The first-order chi connectivity index (χ1) is 9.19. The number of benzene rings is 1. The number of rotatable bonds is 6. The minimum absolute atomic E-state index is 0.203. The minimum atomic E-state index is -4.22. The number of aliphatic hydroxyl groups excluding tert-OH is 1. The highest BCUT2D eigenvalue weighted by molar-refractivity contribution is 9.10. The van der Waals surface area contributed by atoms with Crippen molar-refractivity contribution >= 4 is 15.9 Å². The fraction of sp³-hybridized carbons (Fsp3) is 0.571. The second-order valence-electron chi connectivity index (χ2n) is 5.04. The van der Waals surface area contributed by atoms with Gasteiger partial charge in [-0.2, -0.15) is 13.2 Å². The summed E-state index contributed by atoms with van der Waals surface area (Å²) in [7, 11) is 0. The molecule has 0 aliphatic heterocycles. The van der Waals surface area contributed by atoms with Gasteiger partial charge in [-0.05, 0) is 38.0 Å². The summed E-state index contributed by atoms with van der Waals surface area (Å²) in [5.41, 5.74) is 0.712. The summed E-state index contributed by atoms with van der Waals surface area (Å²) in [6.45, 7) is 2.70. The lowest BCUT2D eigenvalue weighted by atomic mass is 10.1. The van der Waals surface area contributed by atoms with Gasteiger partial charge in [0, 0.05) is 17.1 Å². The maximum Gasteiger partial charge on any atom is 0.401 e. The second kappa shape index (κ2) is 7.43. The third kappa shape index (κ3) is 6.24. The van der Waals surface area contributed by atoms with Crippen molar-refractivity contribution in [3.8, 4) is 0 Å². The van der Waals surface area contributed by atoms with Gasteiger partial charge in [-0.1, -0.05) is 28.1 Å². The Hall–Kier alpha value is -0.590. The molecule has 0 radical (unpaired) electrons. The summed E-state index contributed by atoms with van der Waals surface area (Å²) in [6.07, 6.45) is -4.69. The van der Waals surface area contributed by atoms with Crippen LogP contribution >= 0.6 is 15.9 Å². The first kappa shape index (κ1) is 17.5. The zero-order valence-electron chi connectivity index (χ0n) is 11.5. The molecule has 0 saturated heterocycles. The molecule has 0 spiro atoms. The van der Waals surface area contributed by atoms with Crippen molar-refractivity contribution in [2.45, 2.75) is 38.6 Å². The van der Waals surface area contributed by atoms with Gasteiger partial charge in [0.15, 0.2) is 0 Å². The third-order valence-electron chi connectivity index (χ3n) is 3.06. The quantitative estimate of drug-likeness (QED) is 0.830. The highest BCUT2D eigenvalue weighted by Gasteiger charge is 2.31. The molecule has 0 heterocycles. The Labute approximate surface area is 125 Å². The lowest BCUT2D eigenvalue weighted by molar-refractivity contribution is -0.150. The van der Waals surface area contributed by atoms with Crippen molar-refractivity contribution in [2.75, 3.05) is 13.1 Å². The SMILES string of the molecule is CC(C)N(CCC(O)c1ccc(Br)cc1)CC(F)(F)F. The molecule has 20 heavy (non-hydrogen) atoms. The molecule has 2 nitrogen and oxygen atoms in total. The van der Waals surface area contributed by atoms with E-state index in [0.717, 1.165) is 4.47 Å². The van der Waals surface area contributed by atoms with Crippen LogP contribution in [0.15, 0.2) is 28.7 Å². The number of hydrogen-bond acceptors (Lipinski definition) is 2. The van der Waals surface area contributed by atoms with E-state index in [-0.39, 0.29) is 19.0 Å². The zero-order chi connectivity index (χ0) is 15.3. The molecule has 114 valence electrons. The normalized spacial score (nSPS) is 14.1. The molecule has 1 N–H and O–H groups in total. The maximum absolute atomic E-state index is 12.4. The average molecular weight is 354 g/mol. The number of nitrogens with zero attached hydrogens (tertiary/aromatic N) is 1. The van der Waals surface area contributed by atoms with Crippen LogP contribution in [0, 0.1) is 0 Å². The maximum atomic E-state index is 12.4. The van der Waals surface area contributed by atoms with E-state index in [4.69, 9.17) is 0 Å². The number of halogens is 4. The summed E-state index contributed by atoms with van der Waals surface area (Å²) in [4.78, 5) is 1.32. The van der Waals surface area contributed by atoms with Crippen molar-refractivity contribution in [1.82, 2.24) is 4.90 Å². The fourth-order valence-electron chi connectivity index (χ4n) is 1.89. The van der Waals surface area contributed by atoms with Crippen LogP contribution in [-0.2, 0) is 0 Å². The van der Waals surface area contributed by atoms with Crippen LogP contribution in [0.4, 0.5) is 13.2 Å². The summed E-state index contributed by atoms with van der Waals surface area (Å²) >= 11 is 3.29. The molecule has 0 fully saturated rings.